The molecule has 0 fully saturated rings. The minimum atomic E-state index is -0.283. The molecule has 2 heterocycles. The number of rotatable bonds is 3. The van der Waals surface area contributed by atoms with Crippen LogP contribution in [-0.2, 0) is 0 Å². The number of nitrogens with one attached hydrogen (secondary N) is 1. The quantitative estimate of drug-likeness (QED) is 0.509. The van der Waals surface area contributed by atoms with Crippen LogP contribution in [0.2, 0.25) is 0 Å². The molecule has 0 amide bonds. The van der Waals surface area contributed by atoms with Gasteiger partial charge in [0, 0.05) is 17.1 Å². The Labute approximate surface area is 165 Å². The van der Waals surface area contributed by atoms with Crippen LogP contribution in [0, 0.1) is 31.0 Å². The van der Waals surface area contributed by atoms with Crippen LogP contribution in [0.1, 0.15) is 16.0 Å². The fourth-order valence-corrected chi connectivity index (χ4v) is 4.16. The van der Waals surface area contributed by atoms with Crippen molar-refractivity contribution in [3.05, 3.63) is 86.8 Å². The molecule has 0 bridgehead atoms. The van der Waals surface area contributed by atoms with Gasteiger partial charge in [-0.25, -0.2) is 4.39 Å². The normalized spacial score (nSPS) is 10.8. The number of halogens is 1. The molecule has 0 aliphatic rings. The molecule has 1 N–H and O–H groups in total. The van der Waals surface area contributed by atoms with Crippen molar-refractivity contribution >= 4 is 32.9 Å². The zero-order valence-electron chi connectivity index (χ0n) is 15.3. The lowest BCUT2D eigenvalue weighted by Gasteiger charge is -2.09. The van der Waals surface area contributed by atoms with E-state index >= 15 is 0 Å². The molecule has 0 unspecified atom stereocenters. The first-order chi connectivity index (χ1) is 13.5. The van der Waals surface area contributed by atoms with E-state index in [1.165, 1.54) is 23.5 Å². The molecule has 0 aliphatic heterocycles. The average Bonchev–Trinajstić information content (AvgIpc) is 3.03. The molecule has 2 aromatic carbocycles. The SMILES string of the molecule is Cc1ccc(-n2c(=O)ccc3c(Nc4ccc(F)c(C)c4)c(C#N)sc32)cc1. The number of aromatic nitrogens is 1. The number of thiophene rings is 1. The van der Waals surface area contributed by atoms with E-state index in [0.29, 0.717) is 26.6 Å². The molecule has 0 aliphatic carbocycles. The third kappa shape index (κ3) is 3.06. The molecular formula is C22H16FN3OS. The van der Waals surface area contributed by atoms with E-state index < -0.39 is 0 Å². The van der Waals surface area contributed by atoms with Crippen molar-refractivity contribution in [2.45, 2.75) is 13.8 Å². The summed E-state index contributed by atoms with van der Waals surface area (Å²) >= 11 is 1.26. The van der Waals surface area contributed by atoms with E-state index in [2.05, 4.69) is 11.4 Å². The molecule has 4 aromatic rings. The van der Waals surface area contributed by atoms with Gasteiger partial charge in [-0.05, 0) is 55.8 Å². The van der Waals surface area contributed by atoms with Crippen molar-refractivity contribution in [3.8, 4) is 11.8 Å². The maximum Gasteiger partial charge on any atom is 0.256 e. The Morgan fingerprint density at radius 1 is 1.07 bits per heavy atom. The summed E-state index contributed by atoms with van der Waals surface area (Å²) in [4.78, 5) is 13.7. The highest BCUT2D eigenvalue weighted by atomic mass is 32.1. The third-order valence-electron chi connectivity index (χ3n) is 4.56. The van der Waals surface area contributed by atoms with Crippen LogP contribution in [0.15, 0.2) is 59.4 Å². The van der Waals surface area contributed by atoms with Crippen LogP contribution in [0.5, 0.6) is 0 Å². The predicted molar refractivity (Wildman–Crippen MR) is 111 cm³/mol. The van der Waals surface area contributed by atoms with Gasteiger partial charge >= 0.3 is 0 Å². The summed E-state index contributed by atoms with van der Waals surface area (Å²) in [7, 11) is 0. The van der Waals surface area contributed by atoms with Gasteiger partial charge in [0.25, 0.3) is 5.56 Å². The van der Waals surface area contributed by atoms with E-state index in [1.54, 1.807) is 29.7 Å². The number of aryl methyl sites for hydroxylation is 2. The minimum absolute atomic E-state index is 0.161. The van der Waals surface area contributed by atoms with Gasteiger partial charge in [0.15, 0.2) is 0 Å². The van der Waals surface area contributed by atoms with Crippen molar-refractivity contribution in [3.63, 3.8) is 0 Å². The Balaban J connectivity index is 1.92. The van der Waals surface area contributed by atoms with Crippen LogP contribution >= 0.6 is 11.3 Å². The van der Waals surface area contributed by atoms with Crippen molar-refractivity contribution in [1.29, 1.82) is 5.26 Å². The molecular weight excluding hydrogens is 373 g/mol. The molecule has 138 valence electrons. The zero-order valence-corrected chi connectivity index (χ0v) is 16.1. The van der Waals surface area contributed by atoms with E-state index in [9.17, 15) is 14.4 Å². The first kappa shape index (κ1) is 18.0. The number of nitrogens with zero attached hydrogens (tertiary/aromatic N) is 2. The summed E-state index contributed by atoms with van der Waals surface area (Å²) in [5, 5.41) is 13.6. The summed E-state index contributed by atoms with van der Waals surface area (Å²) < 4.78 is 15.2. The zero-order chi connectivity index (χ0) is 19.8. The van der Waals surface area contributed by atoms with E-state index in [4.69, 9.17) is 0 Å². The van der Waals surface area contributed by atoms with Crippen molar-refractivity contribution in [2.24, 2.45) is 0 Å². The Hall–Kier alpha value is -3.43. The predicted octanol–water partition coefficient (Wildman–Crippen LogP) is 5.42. The molecule has 0 saturated heterocycles. The Morgan fingerprint density at radius 3 is 2.50 bits per heavy atom. The molecule has 0 saturated carbocycles. The van der Waals surface area contributed by atoms with Gasteiger partial charge in [0.05, 0.1) is 11.4 Å². The van der Waals surface area contributed by atoms with Gasteiger partial charge < -0.3 is 5.32 Å². The van der Waals surface area contributed by atoms with Gasteiger partial charge in [-0.2, -0.15) is 5.26 Å². The van der Waals surface area contributed by atoms with Crippen LogP contribution in [0.4, 0.5) is 15.8 Å². The highest BCUT2D eigenvalue weighted by Crippen LogP contribution is 2.37. The number of pyridine rings is 1. The van der Waals surface area contributed by atoms with E-state index in [1.807, 2.05) is 31.2 Å². The smallest absolute Gasteiger partial charge is 0.256 e. The number of benzene rings is 2. The summed E-state index contributed by atoms with van der Waals surface area (Å²) in [6, 6.07) is 17.8. The van der Waals surface area contributed by atoms with Crippen LogP contribution in [-0.4, -0.2) is 4.57 Å². The van der Waals surface area contributed by atoms with Crippen LogP contribution in [0.25, 0.3) is 15.9 Å². The first-order valence-electron chi connectivity index (χ1n) is 8.67. The number of hydrogen-bond acceptors (Lipinski definition) is 4. The monoisotopic (exact) mass is 389 g/mol. The molecule has 2 aromatic heterocycles. The van der Waals surface area contributed by atoms with Gasteiger partial charge in [0.2, 0.25) is 0 Å². The van der Waals surface area contributed by atoms with Crippen molar-refractivity contribution < 1.29 is 4.39 Å². The molecule has 6 heteroatoms. The molecule has 0 atom stereocenters. The minimum Gasteiger partial charge on any atom is -0.353 e. The number of hydrogen-bond donors (Lipinski definition) is 1. The van der Waals surface area contributed by atoms with Crippen LogP contribution in [0.3, 0.4) is 0 Å². The Kier molecular flexibility index (Phi) is 4.46. The largest absolute Gasteiger partial charge is 0.353 e. The summed E-state index contributed by atoms with van der Waals surface area (Å²) in [6.45, 7) is 3.67. The highest BCUT2D eigenvalue weighted by Gasteiger charge is 2.17. The Morgan fingerprint density at radius 2 is 1.82 bits per heavy atom. The highest BCUT2D eigenvalue weighted by molar-refractivity contribution is 7.20. The molecule has 4 rings (SSSR count). The second-order valence-electron chi connectivity index (χ2n) is 6.57. The molecule has 0 spiro atoms. The fraction of sp³-hybridized carbons (Fsp3) is 0.0909. The van der Waals surface area contributed by atoms with Gasteiger partial charge in [-0.15, -0.1) is 11.3 Å². The number of nitriles is 1. The average molecular weight is 389 g/mol. The number of anilines is 2. The van der Waals surface area contributed by atoms with Crippen LogP contribution < -0.4 is 10.9 Å². The summed E-state index contributed by atoms with van der Waals surface area (Å²) in [6.07, 6.45) is 0. The molecule has 4 nitrogen and oxygen atoms in total. The second kappa shape index (κ2) is 6.95. The summed E-state index contributed by atoms with van der Waals surface area (Å²) in [5.41, 5.74) is 3.50. The van der Waals surface area contributed by atoms with Gasteiger partial charge in [-0.1, -0.05) is 17.7 Å². The van der Waals surface area contributed by atoms with Crippen molar-refractivity contribution in [1.82, 2.24) is 4.57 Å². The maximum atomic E-state index is 13.6. The van der Waals surface area contributed by atoms with Gasteiger partial charge in [0.1, 0.15) is 21.6 Å². The summed E-state index contributed by atoms with van der Waals surface area (Å²) in [5.74, 6) is -0.283. The standard InChI is InChI=1S/C22H16FN3OS/c1-13-3-6-16(7-4-13)26-20(27)10-8-17-21(19(12-24)28-22(17)26)25-15-5-9-18(23)14(2)11-15/h3-11,25H,1-2H3. The third-order valence-corrected chi connectivity index (χ3v) is 5.66. The lowest BCUT2D eigenvalue weighted by Crippen LogP contribution is -2.16. The molecule has 0 radical (unpaired) electrons. The number of fused-ring (bicyclic) bond motifs is 1. The molecule has 28 heavy (non-hydrogen) atoms. The Bertz CT molecular complexity index is 1300. The van der Waals surface area contributed by atoms with Crippen molar-refractivity contribution in [2.75, 3.05) is 5.32 Å². The maximum absolute atomic E-state index is 13.6. The second-order valence-corrected chi connectivity index (χ2v) is 7.57. The first-order valence-corrected chi connectivity index (χ1v) is 9.48. The fourth-order valence-electron chi connectivity index (χ4n) is 3.09. The lowest BCUT2D eigenvalue weighted by molar-refractivity contribution is 0.619. The van der Waals surface area contributed by atoms with Gasteiger partial charge in [-0.3, -0.25) is 9.36 Å². The topological polar surface area (TPSA) is 57.8 Å². The van der Waals surface area contributed by atoms with E-state index in [-0.39, 0.29) is 11.4 Å². The van der Waals surface area contributed by atoms with E-state index in [0.717, 1.165) is 16.6 Å². The lowest BCUT2D eigenvalue weighted by atomic mass is 10.2.